The van der Waals surface area contributed by atoms with Gasteiger partial charge in [0.15, 0.2) is 0 Å². The van der Waals surface area contributed by atoms with Crippen molar-refractivity contribution in [3.05, 3.63) is 12.2 Å². The zero-order valence-corrected chi connectivity index (χ0v) is 8.36. The van der Waals surface area contributed by atoms with Crippen molar-refractivity contribution >= 4 is 5.91 Å². The summed E-state index contributed by atoms with van der Waals surface area (Å²) < 4.78 is 0. The summed E-state index contributed by atoms with van der Waals surface area (Å²) in [5.74, 6) is 2.41. The minimum absolute atomic E-state index is 0.0108. The molecule has 0 fully saturated rings. The second-order valence-electron chi connectivity index (χ2n) is 3.53. The lowest BCUT2D eigenvalue weighted by Crippen LogP contribution is -2.37. The average molecular weight is 192 g/mol. The molecule has 3 unspecified atom stereocenters. The van der Waals surface area contributed by atoms with Crippen molar-refractivity contribution in [3.8, 4) is 12.3 Å². The first-order chi connectivity index (χ1) is 6.67. The van der Waals surface area contributed by atoms with Crippen LogP contribution in [0.25, 0.3) is 0 Å². The SMILES string of the molecule is C#CC(CC)NC(=O)C1C=CC(N)C1. The number of nitrogens with one attached hydrogen (secondary N) is 1. The average Bonchev–Trinajstić information content (AvgIpc) is 2.61. The van der Waals surface area contributed by atoms with Crippen molar-refractivity contribution in [1.29, 1.82) is 0 Å². The molecule has 1 amide bonds. The first kappa shape index (κ1) is 10.8. The molecule has 0 radical (unpaired) electrons. The molecule has 3 nitrogen and oxygen atoms in total. The van der Waals surface area contributed by atoms with E-state index in [9.17, 15) is 4.79 Å². The molecule has 0 heterocycles. The van der Waals surface area contributed by atoms with Gasteiger partial charge in [-0.3, -0.25) is 4.79 Å². The molecule has 1 rings (SSSR count). The molecule has 0 bridgehead atoms. The van der Waals surface area contributed by atoms with E-state index in [0.717, 1.165) is 6.42 Å². The summed E-state index contributed by atoms with van der Waals surface area (Å²) in [7, 11) is 0. The fourth-order valence-corrected chi connectivity index (χ4v) is 1.46. The maximum Gasteiger partial charge on any atom is 0.227 e. The molecule has 3 atom stereocenters. The second kappa shape index (κ2) is 4.83. The lowest BCUT2D eigenvalue weighted by Gasteiger charge is -2.14. The van der Waals surface area contributed by atoms with Gasteiger partial charge in [-0.25, -0.2) is 0 Å². The molecule has 3 heteroatoms. The summed E-state index contributed by atoms with van der Waals surface area (Å²) in [6.07, 6.45) is 10.4. The van der Waals surface area contributed by atoms with Crippen molar-refractivity contribution in [3.63, 3.8) is 0 Å². The molecular weight excluding hydrogens is 176 g/mol. The van der Waals surface area contributed by atoms with Gasteiger partial charge < -0.3 is 11.1 Å². The molecule has 0 saturated heterocycles. The first-order valence-corrected chi connectivity index (χ1v) is 4.87. The normalized spacial score (nSPS) is 26.9. The van der Waals surface area contributed by atoms with Gasteiger partial charge in [-0.05, 0) is 12.8 Å². The third-order valence-electron chi connectivity index (χ3n) is 2.38. The van der Waals surface area contributed by atoms with E-state index in [1.807, 2.05) is 19.1 Å². The van der Waals surface area contributed by atoms with E-state index in [-0.39, 0.29) is 23.9 Å². The molecule has 14 heavy (non-hydrogen) atoms. The van der Waals surface area contributed by atoms with Gasteiger partial charge >= 0.3 is 0 Å². The number of amides is 1. The Morgan fingerprint density at radius 2 is 2.50 bits per heavy atom. The van der Waals surface area contributed by atoms with E-state index >= 15 is 0 Å². The van der Waals surface area contributed by atoms with E-state index < -0.39 is 0 Å². The van der Waals surface area contributed by atoms with Gasteiger partial charge in [0.1, 0.15) is 0 Å². The minimum Gasteiger partial charge on any atom is -0.342 e. The van der Waals surface area contributed by atoms with Crippen LogP contribution in [0.3, 0.4) is 0 Å². The van der Waals surface area contributed by atoms with E-state index in [1.54, 1.807) is 0 Å². The van der Waals surface area contributed by atoms with Crippen molar-refractivity contribution in [2.45, 2.75) is 31.8 Å². The van der Waals surface area contributed by atoms with E-state index in [2.05, 4.69) is 11.2 Å². The molecule has 0 saturated carbocycles. The second-order valence-corrected chi connectivity index (χ2v) is 3.53. The van der Waals surface area contributed by atoms with Crippen LogP contribution in [0.1, 0.15) is 19.8 Å². The van der Waals surface area contributed by atoms with Crippen LogP contribution in [0.15, 0.2) is 12.2 Å². The standard InChI is InChI=1S/C11H16N2O/c1-3-10(4-2)13-11(14)8-5-6-9(12)7-8/h1,5-6,8-10H,4,7,12H2,2H3,(H,13,14). The highest BCUT2D eigenvalue weighted by molar-refractivity contribution is 5.81. The van der Waals surface area contributed by atoms with Crippen molar-refractivity contribution < 1.29 is 4.79 Å². The Morgan fingerprint density at radius 1 is 1.79 bits per heavy atom. The van der Waals surface area contributed by atoms with Crippen LogP contribution in [-0.2, 0) is 4.79 Å². The Hall–Kier alpha value is -1.27. The van der Waals surface area contributed by atoms with Crippen LogP contribution in [0, 0.1) is 18.3 Å². The van der Waals surface area contributed by atoms with Gasteiger partial charge in [-0.2, -0.15) is 0 Å². The Kier molecular flexibility index (Phi) is 3.73. The Balaban J connectivity index is 2.44. The van der Waals surface area contributed by atoms with Crippen molar-refractivity contribution in [2.24, 2.45) is 11.7 Å². The fraction of sp³-hybridized carbons (Fsp3) is 0.545. The number of carbonyl (C=O) groups is 1. The molecule has 76 valence electrons. The largest absolute Gasteiger partial charge is 0.342 e. The van der Waals surface area contributed by atoms with E-state index in [4.69, 9.17) is 12.2 Å². The molecule has 3 N–H and O–H groups in total. The topological polar surface area (TPSA) is 55.1 Å². The molecule has 0 aromatic rings. The van der Waals surface area contributed by atoms with Gasteiger partial charge in [0, 0.05) is 6.04 Å². The maximum atomic E-state index is 11.6. The number of hydrogen-bond donors (Lipinski definition) is 2. The molecule has 0 aromatic carbocycles. The number of nitrogens with two attached hydrogens (primary N) is 1. The van der Waals surface area contributed by atoms with Crippen LogP contribution in [0.4, 0.5) is 0 Å². The van der Waals surface area contributed by atoms with Gasteiger partial charge in [-0.15, -0.1) is 6.42 Å². The lowest BCUT2D eigenvalue weighted by molar-refractivity contribution is -0.124. The van der Waals surface area contributed by atoms with Crippen LogP contribution in [0.5, 0.6) is 0 Å². The summed E-state index contributed by atoms with van der Waals surface area (Å²) in [4.78, 5) is 11.6. The van der Waals surface area contributed by atoms with Crippen LogP contribution < -0.4 is 11.1 Å². The van der Waals surface area contributed by atoms with E-state index in [0.29, 0.717) is 6.42 Å². The third kappa shape index (κ3) is 2.61. The van der Waals surface area contributed by atoms with E-state index in [1.165, 1.54) is 0 Å². The van der Waals surface area contributed by atoms with Gasteiger partial charge in [0.05, 0.1) is 12.0 Å². The lowest BCUT2D eigenvalue weighted by atomic mass is 10.1. The van der Waals surface area contributed by atoms with Crippen molar-refractivity contribution in [2.75, 3.05) is 0 Å². The molecule has 0 spiro atoms. The number of rotatable bonds is 3. The maximum absolute atomic E-state index is 11.6. The third-order valence-corrected chi connectivity index (χ3v) is 2.38. The fourth-order valence-electron chi connectivity index (χ4n) is 1.46. The molecule has 1 aliphatic rings. The Bertz CT molecular complexity index is 278. The Morgan fingerprint density at radius 3 is 2.93 bits per heavy atom. The molecule has 0 aliphatic heterocycles. The van der Waals surface area contributed by atoms with Crippen LogP contribution >= 0.6 is 0 Å². The smallest absolute Gasteiger partial charge is 0.227 e. The number of carbonyl (C=O) groups excluding carboxylic acids is 1. The van der Waals surface area contributed by atoms with Crippen LogP contribution in [-0.4, -0.2) is 18.0 Å². The Labute approximate surface area is 84.7 Å². The summed E-state index contributed by atoms with van der Waals surface area (Å²) in [6.45, 7) is 1.95. The summed E-state index contributed by atoms with van der Waals surface area (Å²) in [6, 6.07) is -0.149. The monoisotopic (exact) mass is 192 g/mol. The number of terminal acetylenes is 1. The molecule has 0 aromatic heterocycles. The molecule has 1 aliphatic carbocycles. The van der Waals surface area contributed by atoms with Crippen LogP contribution in [0.2, 0.25) is 0 Å². The highest BCUT2D eigenvalue weighted by Gasteiger charge is 2.23. The summed E-state index contributed by atoms with van der Waals surface area (Å²) in [5, 5.41) is 2.80. The first-order valence-electron chi connectivity index (χ1n) is 4.87. The van der Waals surface area contributed by atoms with Gasteiger partial charge in [0.25, 0.3) is 0 Å². The minimum atomic E-state index is -0.160. The van der Waals surface area contributed by atoms with Gasteiger partial charge in [0.2, 0.25) is 5.91 Å². The predicted molar refractivity (Wildman–Crippen MR) is 56.3 cm³/mol. The highest BCUT2D eigenvalue weighted by atomic mass is 16.1. The zero-order valence-electron chi connectivity index (χ0n) is 8.36. The predicted octanol–water partition coefficient (Wildman–Crippen LogP) is 0.418. The summed E-state index contributed by atoms with van der Waals surface area (Å²) in [5.41, 5.74) is 5.65. The van der Waals surface area contributed by atoms with Crippen molar-refractivity contribution in [1.82, 2.24) is 5.32 Å². The van der Waals surface area contributed by atoms with Gasteiger partial charge in [-0.1, -0.05) is 25.0 Å². The summed E-state index contributed by atoms with van der Waals surface area (Å²) >= 11 is 0. The zero-order chi connectivity index (χ0) is 10.6. The number of hydrogen-bond acceptors (Lipinski definition) is 2. The molecular formula is C11H16N2O. The quantitative estimate of drug-likeness (QED) is 0.503. The highest BCUT2D eigenvalue weighted by Crippen LogP contribution is 2.16.